The highest BCUT2D eigenvalue weighted by Crippen LogP contribution is 2.23. The van der Waals surface area contributed by atoms with Crippen molar-refractivity contribution in [2.45, 2.75) is 18.7 Å². The Bertz CT molecular complexity index is 1340. The van der Waals surface area contributed by atoms with Gasteiger partial charge in [-0.25, -0.2) is 23.4 Å². The Morgan fingerprint density at radius 1 is 1.03 bits per heavy atom. The van der Waals surface area contributed by atoms with Gasteiger partial charge in [0.2, 0.25) is 10.0 Å². The molecule has 1 amide bonds. The molecular formula is C24H22BrN3O5S. The van der Waals surface area contributed by atoms with Crippen LogP contribution in [0.25, 0.3) is 0 Å². The van der Waals surface area contributed by atoms with Gasteiger partial charge in [0.25, 0.3) is 5.91 Å². The SMILES string of the molecule is Cc1ccc(S(=O)(=O)NCC(=O)N/N=C\c2cc(Br)ccc2OC(=O)c2ccccc2C)cc1. The van der Waals surface area contributed by atoms with Gasteiger partial charge in [-0.3, -0.25) is 4.79 Å². The molecule has 0 saturated heterocycles. The minimum Gasteiger partial charge on any atom is -0.422 e. The van der Waals surface area contributed by atoms with Crippen LogP contribution in [0.4, 0.5) is 0 Å². The fourth-order valence-electron chi connectivity index (χ4n) is 2.84. The molecule has 2 N–H and O–H groups in total. The summed E-state index contributed by atoms with van der Waals surface area (Å²) in [7, 11) is -3.83. The van der Waals surface area contributed by atoms with Crippen LogP contribution in [0.5, 0.6) is 5.75 Å². The van der Waals surface area contributed by atoms with E-state index in [0.717, 1.165) is 11.1 Å². The highest BCUT2D eigenvalue weighted by atomic mass is 79.9. The molecule has 0 aliphatic carbocycles. The molecule has 0 saturated carbocycles. The fourth-order valence-corrected chi connectivity index (χ4v) is 4.21. The summed E-state index contributed by atoms with van der Waals surface area (Å²) in [6, 6.07) is 18.3. The molecule has 0 fully saturated rings. The number of benzene rings is 3. The summed E-state index contributed by atoms with van der Waals surface area (Å²) in [6.07, 6.45) is 1.30. The standard InChI is InChI=1S/C24H22BrN3O5S/c1-16-7-10-20(11-8-16)34(31,32)27-15-23(29)28-26-14-18-13-19(25)9-12-22(18)33-24(30)21-6-4-3-5-17(21)2/h3-14,27H,15H2,1-2H3,(H,28,29)/b26-14-. The molecule has 0 radical (unpaired) electrons. The fraction of sp³-hybridized carbons (Fsp3) is 0.125. The Kier molecular flexibility index (Phi) is 8.32. The van der Waals surface area contributed by atoms with Gasteiger partial charge in [0.15, 0.2) is 0 Å². The first-order valence-electron chi connectivity index (χ1n) is 10.1. The summed E-state index contributed by atoms with van der Waals surface area (Å²) in [4.78, 5) is 24.7. The third-order valence-electron chi connectivity index (χ3n) is 4.69. The van der Waals surface area contributed by atoms with E-state index in [1.807, 2.05) is 26.0 Å². The molecule has 10 heteroatoms. The highest BCUT2D eigenvalue weighted by molar-refractivity contribution is 9.10. The third-order valence-corrected chi connectivity index (χ3v) is 6.60. The summed E-state index contributed by atoms with van der Waals surface area (Å²) in [5.74, 6) is -0.945. The van der Waals surface area contributed by atoms with Crippen molar-refractivity contribution in [2.24, 2.45) is 5.10 Å². The second kappa shape index (κ2) is 11.2. The zero-order valence-corrected chi connectivity index (χ0v) is 20.8. The Morgan fingerprint density at radius 2 is 1.74 bits per heavy atom. The van der Waals surface area contributed by atoms with E-state index in [-0.39, 0.29) is 10.6 Å². The lowest BCUT2D eigenvalue weighted by Crippen LogP contribution is -2.34. The van der Waals surface area contributed by atoms with Gasteiger partial charge in [-0.05, 0) is 55.8 Å². The van der Waals surface area contributed by atoms with Crippen LogP contribution in [0.3, 0.4) is 0 Å². The summed E-state index contributed by atoms with van der Waals surface area (Å²) >= 11 is 3.35. The number of ether oxygens (including phenoxy) is 1. The monoisotopic (exact) mass is 543 g/mol. The van der Waals surface area contributed by atoms with Crippen LogP contribution in [0, 0.1) is 13.8 Å². The van der Waals surface area contributed by atoms with Gasteiger partial charge in [-0.1, -0.05) is 51.8 Å². The number of nitrogens with zero attached hydrogens (tertiary/aromatic N) is 1. The van der Waals surface area contributed by atoms with Crippen LogP contribution in [0.1, 0.15) is 27.0 Å². The minimum absolute atomic E-state index is 0.0589. The van der Waals surface area contributed by atoms with E-state index in [2.05, 4.69) is 31.2 Å². The number of nitrogens with one attached hydrogen (secondary N) is 2. The molecule has 8 nitrogen and oxygen atoms in total. The molecule has 3 aromatic rings. The van der Waals surface area contributed by atoms with Crippen LogP contribution in [0.15, 0.2) is 81.2 Å². The van der Waals surface area contributed by atoms with Crippen molar-refractivity contribution in [3.63, 3.8) is 0 Å². The van der Waals surface area contributed by atoms with Gasteiger partial charge in [-0.2, -0.15) is 5.10 Å². The van der Waals surface area contributed by atoms with E-state index in [9.17, 15) is 18.0 Å². The Labute approximate surface area is 206 Å². The molecule has 3 aromatic carbocycles. The average Bonchev–Trinajstić information content (AvgIpc) is 2.80. The number of hydrazone groups is 1. The van der Waals surface area contributed by atoms with Gasteiger partial charge in [0.05, 0.1) is 23.2 Å². The molecule has 0 unspecified atom stereocenters. The second-order valence-corrected chi connectivity index (χ2v) is 10.00. The first kappa shape index (κ1) is 25.3. The molecule has 0 bridgehead atoms. The molecule has 0 aliphatic rings. The lowest BCUT2D eigenvalue weighted by molar-refractivity contribution is -0.119. The van der Waals surface area contributed by atoms with Crippen LogP contribution < -0.4 is 14.9 Å². The molecular weight excluding hydrogens is 522 g/mol. The topological polar surface area (TPSA) is 114 Å². The van der Waals surface area contributed by atoms with Crippen LogP contribution in [0.2, 0.25) is 0 Å². The number of aryl methyl sites for hydroxylation is 2. The van der Waals surface area contributed by atoms with Crippen molar-refractivity contribution in [1.29, 1.82) is 0 Å². The van der Waals surface area contributed by atoms with Crippen molar-refractivity contribution in [2.75, 3.05) is 6.54 Å². The number of hydrogen-bond acceptors (Lipinski definition) is 6. The van der Waals surface area contributed by atoms with Crippen molar-refractivity contribution in [1.82, 2.24) is 10.1 Å². The smallest absolute Gasteiger partial charge is 0.343 e. The number of esters is 1. The molecule has 3 rings (SSSR count). The Morgan fingerprint density at radius 3 is 2.44 bits per heavy atom. The van der Waals surface area contributed by atoms with E-state index < -0.39 is 28.4 Å². The highest BCUT2D eigenvalue weighted by Gasteiger charge is 2.16. The number of halogens is 1. The summed E-state index contributed by atoms with van der Waals surface area (Å²) < 4.78 is 33.0. The minimum atomic E-state index is -3.83. The quantitative estimate of drug-likeness (QED) is 0.194. The molecule has 0 atom stereocenters. The zero-order valence-electron chi connectivity index (χ0n) is 18.4. The van der Waals surface area contributed by atoms with E-state index >= 15 is 0 Å². The van der Waals surface area contributed by atoms with Crippen LogP contribution in [-0.4, -0.2) is 33.1 Å². The first-order valence-corrected chi connectivity index (χ1v) is 12.4. The number of carbonyl (C=O) groups excluding carboxylic acids is 2. The number of hydrogen-bond donors (Lipinski definition) is 2. The lowest BCUT2D eigenvalue weighted by Gasteiger charge is -2.09. The van der Waals surface area contributed by atoms with Crippen molar-refractivity contribution in [3.05, 3.63) is 93.5 Å². The molecule has 0 aromatic heterocycles. The van der Waals surface area contributed by atoms with Gasteiger partial charge in [-0.15, -0.1) is 0 Å². The van der Waals surface area contributed by atoms with Crippen LogP contribution in [-0.2, 0) is 14.8 Å². The zero-order chi connectivity index (χ0) is 24.7. The van der Waals surface area contributed by atoms with E-state index in [1.54, 1.807) is 42.5 Å². The van der Waals surface area contributed by atoms with Gasteiger partial charge >= 0.3 is 5.97 Å². The third kappa shape index (κ3) is 6.83. The Hall–Kier alpha value is -3.34. The molecule has 34 heavy (non-hydrogen) atoms. The average molecular weight is 544 g/mol. The van der Waals surface area contributed by atoms with E-state index in [4.69, 9.17) is 4.74 Å². The summed E-state index contributed by atoms with van der Waals surface area (Å²) in [5, 5.41) is 3.85. The van der Waals surface area contributed by atoms with Crippen molar-refractivity contribution < 1.29 is 22.7 Å². The van der Waals surface area contributed by atoms with Crippen molar-refractivity contribution in [3.8, 4) is 5.75 Å². The maximum Gasteiger partial charge on any atom is 0.343 e. The number of rotatable bonds is 8. The first-order chi connectivity index (χ1) is 16.2. The number of sulfonamides is 1. The van der Waals surface area contributed by atoms with Gasteiger partial charge in [0.1, 0.15) is 5.75 Å². The molecule has 0 aliphatic heterocycles. The predicted molar refractivity (Wildman–Crippen MR) is 132 cm³/mol. The molecule has 0 spiro atoms. The van der Waals surface area contributed by atoms with E-state index in [0.29, 0.717) is 15.6 Å². The van der Waals surface area contributed by atoms with Gasteiger partial charge in [0, 0.05) is 10.0 Å². The maximum absolute atomic E-state index is 12.6. The lowest BCUT2D eigenvalue weighted by atomic mass is 10.1. The second-order valence-electron chi connectivity index (χ2n) is 7.32. The Balaban J connectivity index is 1.63. The largest absolute Gasteiger partial charge is 0.422 e. The van der Waals surface area contributed by atoms with Gasteiger partial charge < -0.3 is 4.74 Å². The molecule has 0 heterocycles. The summed E-state index contributed by atoms with van der Waals surface area (Å²) in [5.41, 5.74) is 4.81. The predicted octanol–water partition coefficient (Wildman–Crippen LogP) is 3.71. The maximum atomic E-state index is 12.6. The molecule has 176 valence electrons. The van der Waals surface area contributed by atoms with Crippen molar-refractivity contribution >= 4 is 44.0 Å². The number of carbonyl (C=O) groups is 2. The van der Waals surface area contributed by atoms with Crippen LogP contribution >= 0.6 is 15.9 Å². The normalized spacial score (nSPS) is 11.4. The summed E-state index contributed by atoms with van der Waals surface area (Å²) in [6.45, 7) is 3.15. The van der Waals surface area contributed by atoms with E-state index in [1.165, 1.54) is 18.3 Å². The number of amides is 1.